The predicted molar refractivity (Wildman–Crippen MR) is 141 cm³/mol. The number of carbonyl (C=O) groups is 1. The van der Waals surface area contributed by atoms with Gasteiger partial charge in [-0.2, -0.15) is 0 Å². The molecule has 0 fully saturated rings. The second-order valence-corrected chi connectivity index (χ2v) is 10.9. The summed E-state index contributed by atoms with van der Waals surface area (Å²) in [6, 6.07) is 12.4. The van der Waals surface area contributed by atoms with E-state index in [4.69, 9.17) is 4.74 Å². The number of fused-ring (bicyclic) bond motifs is 1. The monoisotopic (exact) mass is 508 g/mol. The number of allylic oxidation sites excluding steroid dienone is 1. The SMILES string of the molecule is C=CC(=O)c1cn(-c2cc(NS(=O)(=O)CC)ccc2Oc2c(C)cccc2C)c2sccc2c1=O. The van der Waals surface area contributed by atoms with E-state index >= 15 is 0 Å². The molecule has 2 aromatic carbocycles. The molecule has 0 atom stereocenters. The molecule has 0 aliphatic carbocycles. The summed E-state index contributed by atoms with van der Waals surface area (Å²) < 4.78 is 35.1. The van der Waals surface area contributed by atoms with E-state index in [2.05, 4.69) is 11.3 Å². The van der Waals surface area contributed by atoms with Crippen LogP contribution in [-0.4, -0.2) is 24.5 Å². The number of sulfonamides is 1. The molecular formula is C26H24N2O5S2. The van der Waals surface area contributed by atoms with Gasteiger partial charge < -0.3 is 9.30 Å². The van der Waals surface area contributed by atoms with Crippen molar-refractivity contribution in [2.45, 2.75) is 20.8 Å². The Morgan fingerprint density at radius 3 is 2.54 bits per heavy atom. The number of nitrogens with one attached hydrogen (secondary N) is 1. The van der Waals surface area contributed by atoms with E-state index in [1.165, 1.54) is 17.5 Å². The third-order valence-corrected chi connectivity index (χ3v) is 7.77. The number of anilines is 1. The van der Waals surface area contributed by atoms with Crippen LogP contribution in [0.4, 0.5) is 5.69 Å². The van der Waals surface area contributed by atoms with Crippen molar-refractivity contribution >= 4 is 43.0 Å². The third kappa shape index (κ3) is 4.78. The number of aryl methyl sites for hydroxylation is 2. The van der Waals surface area contributed by atoms with Crippen molar-refractivity contribution in [1.82, 2.24) is 4.57 Å². The number of hydrogen-bond donors (Lipinski definition) is 1. The first-order chi connectivity index (χ1) is 16.6. The van der Waals surface area contributed by atoms with Crippen LogP contribution in [0.1, 0.15) is 28.4 Å². The minimum absolute atomic E-state index is 0.0385. The number of hydrogen-bond acceptors (Lipinski definition) is 6. The smallest absolute Gasteiger partial charge is 0.232 e. The van der Waals surface area contributed by atoms with Crippen LogP contribution in [0.3, 0.4) is 0 Å². The number of ether oxygens (including phenoxy) is 1. The fraction of sp³-hybridized carbons (Fsp3) is 0.154. The summed E-state index contributed by atoms with van der Waals surface area (Å²) in [6.07, 6.45) is 2.55. The number of nitrogens with zero attached hydrogens (tertiary/aromatic N) is 1. The molecule has 35 heavy (non-hydrogen) atoms. The lowest BCUT2D eigenvalue weighted by atomic mass is 10.1. The molecule has 7 nitrogen and oxygen atoms in total. The number of para-hydroxylation sites is 1. The highest BCUT2D eigenvalue weighted by molar-refractivity contribution is 7.92. The molecule has 0 aliphatic rings. The molecule has 0 spiro atoms. The number of pyridine rings is 1. The summed E-state index contributed by atoms with van der Waals surface area (Å²) >= 11 is 1.33. The summed E-state index contributed by atoms with van der Waals surface area (Å²) in [6.45, 7) is 8.92. The molecule has 0 saturated heterocycles. The van der Waals surface area contributed by atoms with E-state index in [1.54, 1.807) is 41.1 Å². The summed E-state index contributed by atoms with van der Waals surface area (Å²) in [5.74, 6) is 0.504. The lowest BCUT2D eigenvalue weighted by Gasteiger charge is -2.19. The quantitative estimate of drug-likeness (QED) is 0.247. The minimum atomic E-state index is -3.54. The van der Waals surface area contributed by atoms with E-state index in [0.717, 1.165) is 17.2 Å². The van der Waals surface area contributed by atoms with E-state index in [0.29, 0.717) is 33.1 Å². The van der Waals surface area contributed by atoms with E-state index in [9.17, 15) is 18.0 Å². The zero-order valence-electron chi connectivity index (χ0n) is 19.5. The number of rotatable bonds is 8. The van der Waals surface area contributed by atoms with Crippen LogP contribution in [0.2, 0.25) is 0 Å². The van der Waals surface area contributed by atoms with Crippen LogP contribution in [0.25, 0.3) is 15.9 Å². The summed E-state index contributed by atoms with van der Waals surface area (Å²) in [7, 11) is -3.54. The molecule has 0 amide bonds. The zero-order chi connectivity index (χ0) is 25.3. The van der Waals surface area contributed by atoms with Crippen LogP contribution in [0.5, 0.6) is 11.5 Å². The summed E-state index contributed by atoms with van der Waals surface area (Å²) in [4.78, 5) is 26.0. The van der Waals surface area contributed by atoms with Crippen molar-refractivity contribution in [3.05, 3.63) is 93.6 Å². The van der Waals surface area contributed by atoms with Crippen molar-refractivity contribution in [2.24, 2.45) is 0 Å². The van der Waals surface area contributed by atoms with Gasteiger partial charge in [0, 0.05) is 6.20 Å². The van der Waals surface area contributed by atoms with Crippen LogP contribution >= 0.6 is 11.3 Å². The molecule has 4 rings (SSSR count). The molecule has 0 radical (unpaired) electrons. The second kappa shape index (κ2) is 9.52. The minimum Gasteiger partial charge on any atom is -0.455 e. The molecule has 0 saturated carbocycles. The Morgan fingerprint density at radius 1 is 1.17 bits per heavy atom. The number of benzene rings is 2. The van der Waals surface area contributed by atoms with Gasteiger partial charge in [-0.3, -0.25) is 14.3 Å². The van der Waals surface area contributed by atoms with Crippen molar-refractivity contribution in [2.75, 3.05) is 10.5 Å². The first-order valence-corrected chi connectivity index (χ1v) is 13.4. The lowest BCUT2D eigenvalue weighted by Crippen LogP contribution is -2.17. The molecule has 0 bridgehead atoms. The molecule has 2 heterocycles. The van der Waals surface area contributed by atoms with Crippen LogP contribution in [-0.2, 0) is 10.0 Å². The Labute approximate surface area is 207 Å². The van der Waals surface area contributed by atoms with E-state index in [-0.39, 0.29) is 16.7 Å². The van der Waals surface area contributed by atoms with Gasteiger partial charge in [0.15, 0.2) is 11.5 Å². The molecule has 0 aliphatic heterocycles. The van der Waals surface area contributed by atoms with Gasteiger partial charge in [0.2, 0.25) is 15.5 Å². The van der Waals surface area contributed by atoms with Gasteiger partial charge in [0.25, 0.3) is 0 Å². The molecule has 0 unspecified atom stereocenters. The highest BCUT2D eigenvalue weighted by Crippen LogP contribution is 2.36. The molecule has 2 aromatic heterocycles. The van der Waals surface area contributed by atoms with Gasteiger partial charge in [-0.05, 0) is 67.6 Å². The predicted octanol–water partition coefficient (Wildman–Crippen LogP) is 5.59. The highest BCUT2D eigenvalue weighted by Gasteiger charge is 2.19. The van der Waals surface area contributed by atoms with Crippen LogP contribution in [0.15, 0.2) is 71.5 Å². The second-order valence-electron chi connectivity index (χ2n) is 7.96. The molecule has 1 N–H and O–H groups in total. The van der Waals surface area contributed by atoms with Crippen LogP contribution < -0.4 is 14.9 Å². The average Bonchev–Trinajstić information content (AvgIpc) is 3.32. The Balaban J connectivity index is 2.00. The normalized spacial score (nSPS) is 11.4. The lowest BCUT2D eigenvalue weighted by molar-refractivity contribution is 0.104. The van der Waals surface area contributed by atoms with E-state index < -0.39 is 15.8 Å². The van der Waals surface area contributed by atoms with Gasteiger partial charge in [0.1, 0.15) is 10.6 Å². The Morgan fingerprint density at radius 2 is 1.89 bits per heavy atom. The molecule has 9 heteroatoms. The Kier molecular flexibility index (Phi) is 6.64. The van der Waals surface area contributed by atoms with Gasteiger partial charge in [0.05, 0.1) is 28.1 Å². The zero-order valence-corrected chi connectivity index (χ0v) is 21.1. The molecule has 180 valence electrons. The van der Waals surface area contributed by atoms with Crippen molar-refractivity contribution < 1.29 is 17.9 Å². The number of thiophene rings is 1. The Bertz CT molecular complexity index is 1610. The Hall–Kier alpha value is -3.69. The fourth-order valence-corrected chi connectivity index (χ4v) is 5.21. The largest absolute Gasteiger partial charge is 0.455 e. The first-order valence-electron chi connectivity index (χ1n) is 10.8. The maximum absolute atomic E-state index is 12.9. The van der Waals surface area contributed by atoms with Gasteiger partial charge in [-0.15, -0.1) is 11.3 Å². The maximum Gasteiger partial charge on any atom is 0.232 e. The maximum atomic E-state index is 12.9. The standard InChI is InChI=1S/C26H24N2O5S2/c1-5-22(29)20-15-28(26-19(24(20)30)12-13-34-26)21-14-18(27-35(31,32)6-2)10-11-23(21)33-25-16(3)8-7-9-17(25)4/h5,7-15,27H,1,6H2,2-4H3. The summed E-state index contributed by atoms with van der Waals surface area (Å²) in [5.41, 5.74) is 2.22. The van der Waals surface area contributed by atoms with Gasteiger partial charge >= 0.3 is 0 Å². The van der Waals surface area contributed by atoms with Crippen molar-refractivity contribution in [1.29, 1.82) is 0 Å². The first kappa shape index (κ1) is 24.4. The topological polar surface area (TPSA) is 94.5 Å². The third-order valence-electron chi connectivity index (χ3n) is 5.55. The number of ketones is 1. The average molecular weight is 509 g/mol. The number of aromatic nitrogens is 1. The van der Waals surface area contributed by atoms with Crippen LogP contribution in [0, 0.1) is 13.8 Å². The molecule has 4 aromatic rings. The molecular weight excluding hydrogens is 484 g/mol. The van der Waals surface area contributed by atoms with Gasteiger partial charge in [-0.1, -0.05) is 24.8 Å². The van der Waals surface area contributed by atoms with E-state index in [1.807, 2.05) is 32.0 Å². The van der Waals surface area contributed by atoms with Crippen molar-refractivity contribution in [3.8, 4) is 17.2 Å². The van der Waals surface area contributed by atoms with Gasteiger partial charge in [-0.25, -0.2) is 8.42 Å². The summed E-state index contributed by atoms with van der Waals surface area (Å²) in [5, 5.41) is 2.14. The highest BCUT2D eigenvalue weighted by atomic mass is 32.2. The number of carbonyl (C=O) groups excluding carboxylic acids is 1. The fourth-order valence-electron chi connectivity index (χ4n) is 3.69. The van der Waals surface area contributed by atoms with Crippen molar-refractivity contribution in [3.63, 3.8) is 0 Å².